The number of aromatic nitrogens is 4. The summed E-state index contributed by atoms with van der Waals surface area (Å²) in [7, 11) is 3.73. The van der Waals surface area contributed by atoms with Gasteiger partial charge >= 0.3 is 0 Å². The van der Waals surface area contributed by atoms with Gasteiger partial charge in [-0.2, -0.15) is 19.6 Å². The first-order chi connectivity index (χ1) is 19.9. The van der Waals surface area contributed by atoms with Crippen molar-refractivity contribution in [3.05, 3.63) is 48.5 Å². The lowest BCUT2D eigenvalue weighted by Gasteiger charge is -2.36. The number of furan rings is 1. The van der Waals surface area contributed by atoms with Gasteiger partial charge in [0.15, 0.2) is 18.0 Å². The second-order valence-corrected chi connectivity index (χ2v) is 9.76. The molecular formula is C27H35FN10O3. The Morgan fingerprint density at radius 1 is 1.17 bits per heavy atom. The lowest BCUT2D eigenvalue weighted by atomic mass is 10.2. The van der Waals surface area contributed by atoms with E-state index in [1.54, 1.807) is 24.5 Å². The number of piperazine rings is 1. The fourth-order valence-electron chi connectivity index (χ4n) is 4.58. The van der Waals surface area contributed by atoms with Gasteiger partial charge in [0.25, 0.3) is 5.91 Å². The van der Waals surface area contributed by atoms with Crippen molar-refractivity contribution < 1.29 is 18.3 Å². The van der Waals surface area contributed by atoms with Crippen LogP contribution < -0.4 is 30.9 Å². The van der Waals surface area contributed by atoms with Crippen molar-refractivity contribution in [1.29, 1.82) is 0 Å². The van der Waals surface area contributed by atoms with Crippen LogP contribution in [0, 0.1) is 5.82 Å². The molecule has 1 aliphatic heterocycles. The second kappa shape index (κ2) is 12.8. The zero-order valence-corrected chi connectivity index (χ0v) is 23.2. The molecule has 0 unspecified atom stereocenters. The highest BCUT2D eigenvalue weighted by molar-refractivity contribution is 5.77. The Labute approximate surface area is 237 Å². The number of amides is 1. The highest BCUT2D eigenvalue weighted by atomic mass is 19.1. The molecule has 1 aromatic carbocycles. The third-order valence-electron chi connectivity index (χ3n) is 6.90. The first kappa shape index (κ1) is 28.1. The van der Waals surface area contributed by atoms with E-state index in [1.807, 2.05) is 36.0 Å². The Hall–Kier alpha value is -4.43. The number of nitrogens with one attached hydrogen (secondary N) is 2. The van der Waals surface area contributed by atoms with E-state index < -0.39 is 0 Å². The molecule has 4 aromatic rings. The number of halogens is 1. The Bertz CT molecular complexity index is 1450. The summed E-state index contributed by atoms with van der Waals surface area (Å²) in [5, 5.41) is 10.1. The van der Waals surface area contributed by atoms with Crippen LogP contribution in [0.15, 0.2) is 47.1 Å². The zero-order valence-electron chi connectivity index (χ0n) is 23.2. The fourth-order valence-corrected chi connectivity index (χ4v) is 4.58. The van der Waals surface area contributed by atoms with E-state index in [-0.39, 0.29) is 24.3 Å². The smallest absolute Gasteiger partial charge is 0.257 e. The Morgan fingerprint density at radius 2 is 2.00 bits per heavy atom. The summed E-state index contributed by atoms with van der Waals surface area (Å²) in [4.78, 5) is 27.2. The number of anilines is 3. The summed E-state index contributed by atoms with van der Waals surface area (Å²) in [5.41, 5.74) is 7.91. The summed E-state index contributed by atoms with van der Waals surface area (Å²) in [5.74, 6) is 1.10. The topological polar surface area (TPSA) is 142 Å². The van der Waals surface area contributed by atoms with Crippen molar-refractivity contribution in [2.45, 2.75) is 0 Å². The van der Waals surface area contributed by atoms with E-state index in [1.165, 1.54) is 10.6 Å². The molecule has 1 fully saturated rings. The van der Waals surface area contributed by atoms with Gasteiger partial charge in [-0.15, -0.1) is 0 Å². The maximum absolute atomic E-state index is 14.9. The molecular weight excluding hydrogens is 531 g/mol. The minimum Gasteiger partial charge on any atom is -0.484 e. The standard InChI is InChI=1S/C27H35FN10O3/c1-30-7-8-31-25(39)18-41-19-5-6-22(20(28)16-19)37-13-11-36(12-14-37)10-9-35(2)27-32-24-17-21(23-4-3-15-40-23)34-38(24)26(29)33-27/h3-6,15-17,30H,7-14,18H2,1-2H3,(H,31,39)(H2,29,32,33). The average Bonchev–Trinajstić information content (AvgIpc) is 3.66. The van der Waals surface area contributed by atoms with Gasteiger partial charge in [0, 0.05) is 71.5 Å². The van der Waals surface area contributed by atoms with Gasteiger partial charge in [0.1, 0.15) is 17.3 Å². The molecule has 4 N–H and O–H groups in total. The number of ether oxygens (including phenoxy) is 1. The molecule has 4 heterocycles. The van der Waals surface area contributed by atoms with Crippen molar-refractivity contribution in [3.8, 4) is 17.2 Å². The van der Waals surface area contributed by atoms with E-state index in [0.29, 0.717) is 67.2 Å². The first-order valence-electron chi connectivity index (χ1n) is 13.5. The Kier molecular flexibility index (Phi) is 8.79. The highest BCUT2D eigenvalue weighted by Gasteiger charge is 2.21. The number of rotatable bonds is 12. The molecule has 41 heavy (non-hydrogen) atoms. The molecule has 0 bridgehead atoms. The Morgan fingerprint density at radius 3 is 2.73 bits per heavy atom. The molecule has 1 aliphatic rings. The van der Waals surface area contributed by atoms with E-state index in [4.69, 9.17) is 14.9 Å². The van der Waals surface area contributed by atoms with Gasteiger partial charge in [0.05, 0.1) is 12.0 Å². The number of nitrogen functional groups attached to an aromatic ring is 1. The van der Waals surface area contributed by atoms with Crippen LogP contribution in [0.1, 0.15) is 0 Å². The predicted octanol–water partition coefficient (Wildman–Crippen LogP) is 1.08. The van der Waals surface area contributed by atoms with E-state index in [9.17, 15) is 9.18 Å². The van der Waals surface area contributed by atoms with Crippen LogP contribution in [0.5, 0.6) is 5.75 Å². The average molecular weight is 567 g/mol. The number of fused-ring (bicyclic) bond motifs is 1. The number of hydrogen-bond acceptors (Lipinski definition) is 11. The number of likely N-dealkylation sites (N-methyl/N-ethyl adjacent to an activating group) is 2. The van der Waals surface area contributed by atoms with Crippen molar-refractivity contribution >= 4 is 29.1 Å². The van der Waals surface area contributed by atoms with Gasteiger partial charge in [-0.3, -0.25) is 9.69 Å². The van der Waals surface area contributed by atoms with Gasteiger partial charge in [-0.1, -0.05) is 0 Å². The summed E-state index contributed by atoms with van der Waals surface area (Å²) in [6.45, 7) is 5.45. The monoisotopic (exact) mass is 566 g/mol. The summed E-state index contributed by atoms with van der Waals surface area (Å²) < 4.78 is 27.3. The molecule has 1 amide bonds. The Balaban J connectivity index is 1.10. The van der Waals surface area contributed by atoms with Crippen molar-refractivity contribution in [2.24, 2.45) is 0 Å². The van der Waals surface area contributed by atoms with Crippen molar-refractivity contribution in [3.63, 3.8) is 0 Å². The summed E-state index contributed by atoms with van der Waals surface area (Å²) in [6.07, 6.45) is 1.59. The van der Waals surface area contributed by atoms with Crippen molar-refractivity contribution in [1.82, 2.24) is 35.1 Å². The molecule has 5 rings (SSSR count). The van der Waals surface area contributed by atoms with Gasteiger partial charge in [0.2, 0.25) is 11.9 Å². The second-order valence-electron chi connectivity index (χ2n) is 9.76. The summed E-state index contributed by atoms with van der Waals surface area (Å²) >= 11 is 0. The normalized spacial score (nSPS) is 14.0. The number of carbonyl (C=O) groups is 1. The number of hydrogen-bond donors (Lipinski definition) is 3. The van der Waals surface area contributed by atoms with Gasteiger partial charge in [-0.05, 0) is 31.3 Å². The first-order valence-corrected chi connectivity index (χ1v) is 13.5. The van der Waals surface area contributed by atoms with Crippen LogP contribution in [-0.4, -0.2) is 103 Å². The number of nitrogens with zero attached hydrogens (tertiary/aromatic N) is 7. The SMILES string of the molecule is CNCCNC(=O)COc1ccc(N2CCN(CCN(C)c3nc(N)n4nc(-c5ccco5)cc4n3)CC2)c(F)c1. The summed E-state index contributed by atoms with van der Waals surface area (Å²) in [6, 6.07) is 10.2. The van der Waals surface area contributed by atoms with Crippen LogP contribution in [0.4, 0.5) is 22.0 Å². The van der Waals surface area contributed by atoms with Gasteiger partial charge in [-0.25, -0.2) is 4.39 Å². The van der Waals surface area contributed by atoms with Crippen LogP contribution in [0.25, 0.3) is 17.1 Å². The largest absolute Gasteiger partial charge is 0.484 e. The molecule has 0 spiro atoms. The molecule has 14 heteroatoms. The van der Waals surface area contributed by atoms with Crippen LogP contribution >= 0.6 is 0 Å². The minimum absolute atomic E-state index is 0.157. The number of nitrogens with two attached hydrogens (primary N) is 1. The lowest BCUT2D eigenvalue weighted by molar-refractivity contribution is -0.123. The fraction of sp³-hybridized carbons (Fsp3) is 0.407. The highest BCUT2D eigenvalue weighted by Crippen LogP contribution is 2.25. The molecule has 0 saturated carbocycles. The number of benzene rings is 1. The zero-order chi connectivity index (χ0) is 28.8. The van der Waals surface area contributed by atoms with Crippen LogP contribution in [0.2, 0.25) is 0 Å². The molecule has 218 valence electrons. The van der Waals surface area contributed by atoms with Gasteiger partial charge < -0.3 is 35.3 Å². The maximum atomic E-state index is 14.9. The lowest BCUT2D eigenvalue weighted by Crippen LogP contribution is -2.48. The van der Waals surface area contributed by atoms with E-state index >= 15 is 0 Å². The maximum Gasteiger partial charge on any atom is 0.257 e. The molecule has 0 radical (unpaired) electrons. The third kappa shape index (κ3) is 6.84. The van der Waals surface area contributed by atoms with Crippen LogP contribution in [0.3, 0.4) is 0 Å². The van der Waals surface area contributed by atoms with Crippen LogP contribution in [-0.2, 0) is 4.79 Å². The quantitative estimate of drug-likeness (QED) is 0.212. The van der Waals surface area contributed by atoms with E-state index in [2.05, 4.69) is 30.6 Å². The van der Waals surface area contributed by atoms with Crippen molar-refractivity contribution in [2.75, 3.05) is 88.6 Å². The molecule has 3 aromatic heterocycles. The molecule has 1 saturated heterocycles. The third-order valence-corrected chi connectivity index (χ3v) is 6.90. The molecule has 0 aliphatic carbocycles. The minimum atomic E-state index is -0.369. The number of carbonyl (C=O) groups excluding carboxylic acids is 1. The predicted molar refractivity (Wildman–Crippen MR) is 154 cm³/mol. The molecule has 0 atom stereocenters. The molecule has 13 nitrogen and oxygen atoms in total. The van der Waals surface area contributed by atoms with E-state index in [0.717, 1.165) is 19.6 Å².